The van der Waals surface area contributed by atoms with Gasteiger partial charge in [-0.05, 0) is 44.0 Å². The number of carbonyl (C=O) groups excluding carboxylic acids is 2. The van der Waals surface area contributed by atoms with Crippen LogP contribution < -0.4 is 4.74 Å². The Labute approximate surface area is 159 Å². The van der Waals surface area contributed by atoms with Crippen LogP contribution in [0, 0.1) is 0 Å². The Hall–Kier alpha value is -1.79. The maximum atomic E-state index is 12.6. The Kier molecular flexibility index (Phi) is 6.38. The third-order valence-corrected chi connectivity index (χ3v) is 5.23. The summed E-state index contributed by atoms with van der Waals surface area (Å²) in [6.07, 6.45) is 1.67. The van der Waals surface area contributed by atoms with E-state index in [0.29, 0.717) is 30.4 Å². The SMILES string of the molecule is CC(Oc1ccc(Cl)cc1)C(=O)N1CCN(CC(=O)N2CCCC2)CC1. The topological polar surface area (TPSA) is 53.1 Å². The van der Waals surface area contributed by atoms with Gasteiger partial charge in [0.1, 0.15) is 5.75 Å². The molecular formula is C19H26ClN3O3. The summed E-state index contributed by atoms with van der Waals surface area (Å²) >= 11 is 5.86. The van der Waals surface area contributed by atoms with Crippen molar-refractivity contribution in [1.29, 1.82) is 0 Å². The first-order valence-corrected chi connectivity index (χ1v) is 9.62. The summed E-state index contributed by atoms with van der Waals surface area (Å²) in [7, 11) is 0. The normalized spacial score (nSPS) is 19.5. The van der Waals surface area contributed by atoms with E-state index >= 15 is 0 Å². The van der Waals surface area contributed by atoms with Crippen molar-refractivity contribution in [2.45, 2.75) is 25.9 Å². The standard InChI is InChI=1S/C19H26ClN3O3/c1-15(26-17-6-4-16(20)5-7-17)19(25)23-12-10-21(11-13-23)14-18(24)22-8-2-3-9-22/h4-7,15H,2-3,8-14H2,1H3. The molecule has 2 aliphatic heterocycles. The number of hydrogen-bond acceptors (Lipinski definition) is 4. The monoisotopic (exact) mass is 379 g/mol. The van der Waals surface area contributed by atoms with Gasteiger partial charge in [0.25, 0.3) is 5.91 Å². The Morgan fingerprint density at radius 1 is 1.00 bits per heavy atom. The van der Waals surface area contributed by atoms with Gasteiger partial charge in [-0.25, -0.2) is 0 Å². The zero-order valence-corrected chi connectivity index (χ0v) is 16.0. The maximum Gasteiger partial charge on any atom is 0.263 e. The van der Waals surface area contributed by atoms with E-state index in [1.165, 1.54) is 0 Å². The van der Waals surface area contributed by atoms with Crippen molar-refractivity contribution in [2.75, 3.05) is 45.8 Å². The molecule has 7 heteroatoms. The highest BCUT2D eigenvalue weighted by Gasteiger charge is 2.28. The first-order valence-electron chi connectivity index (χ1n) is 9.24. The van der Waals surface area contributed by atoms with Crippen LogP contribution in [0.4, 0.5) is 0 Å². The van der Waals surface area contributed by atoms with Crippen LogP contribution in [-0.2, 0) is 9.59 Å². The highest BCUT2D eigenvalue weighted by atomic mass is 35.5. The molecule has 0 N–H and O–H groups in total. The van der Waals surface area contributed by atoms with Gasteiger partial charge < -0.3 is 14.5 Å². The minimum absolute atomic E-state index is 0.0227. The molecule has 1 atom stereocenters. The van der Waals surface area contributed by atoms with Gasteiger partial charge in [-0.1, -0.05) is 11.6 Å². The fourth-order valence-electron chi connectivity index (χ4n) is 3.41. The molecule has 1 aromatic rings. The lowest BCUT2D eigenvalue weighted by Crippen LogP contribution is -2.53. The lowest BCUT2D eigenvalue weighted by Gasteiger charge is -2.36. The molecule has 6 nitrogen and oxygen atoms in total. The zero-order chi connectivity index (χ0) is 18.5. The van der Waals surface area contributed by atoms with Gasteiger partial charge in [0.05, 0.1) is 6.54 Å². The predicted octanol–water partition coefficient (Wildman–Crippen LogP) is 1.87. The van der Waals surface area contributed by atoms with E-state index in [1.807, 2.05) is 9.80 Å². The zero-order valence-electron chi connectivity index (χ0n) is 15.2. The van der Waals surface area contributed by atoms with Crippen molar-refractivity contribution in [1.82, 2.24) is 14.7 Å². The van der Waals surface area contributed by atoms with Crippen LogP contribution in [0.1, 0.15) is 19.8 Å². The molecule has 142 valence electrons. The molecule has 0 aliphatic carbocycles. The van der Waals surface area contributed by atoms with E-state index in [4.69, 9.17) is 16.3 Å². The van der Waals surface area contributed by atoms with E-state index in [0.717, 1.165) is 39.0 Å². The third kappa shape index (κ3) is 4.89. The molecule has 0 spiro atoms. The number of halogens is 1. The molecule has 0 saturated carbocycles. The number of rotatable bonds is 5. The number of nitrogens with zero attached hydrogens (tertiary/aromatic N) is 3. The van der Waals surface area contributed by atoms with Crippen LogP contribution in [0.15, 0.2) is 24.3 Å². The van der Waals surface area contributed by atoms with Gasteiger partial charge in [0.15, 0.2) is 6.10 Å². The van der Waals surface area contributed by atoms with Crippen molar-refractivity contribution in [3.8, 4) is 5.75 Å². The van der Waals surface area contributed by atoms with Crippen molar-refractivity contribution in [3.63, 3.8) is 0 Å². The second-order valence-electron chi connectivity index (χ2n) is 6.90. The largest absolute Gasteiger partial charge is 0.481 e. The van der Waals surface area contributed by atoms with Crippen LogP contribution >= 0.6 is 11.6 Å². The number of piperazine rings is 1. The molecule has 0 bridgehead atoms. The van der Waals surface area contributed by atoms with Crippen molar-refractivity contribution in [2.24, 2.45) is 0 Å². The van der Waals surface area contributed by atoms with E-state index < -0.39 is 6.10 Å². The average Bonchev–Trinajstić information content (AvgIpc) is 3.18. The number of ether oxygens (including phenoxy) is 1. The maximum absolute atomic E-state index is 12.6. The van der Waals surface area contributed by atoms with Crippen LogP contribution in [0.3, 0.4) is 0 Å². The molecule has 1 unspecified atom stereocenters. The molecule has 2 amide bonds. The minimum atomic E-state index is -0.547. The van der Waals surface area contributed by atoms with Crippen LogP contribution in [0.2, 0.25) is 5.02 Å². The number of amides is 2. The summed E-state index contributed by atoms with van der Waals surface area (Å²) < 4.78 is 5.72. The molecule has 2 fully saturated rings. The fourth-order valence-corrected chi connectivity index (χ4v) is 3.53. The quantitative estimate of drug-likeness (QED) is 0.783. The Balaban J connectivity index is 1.43. The number of carbonyl (C=O) groups is 2. The summed E-state index contributed by atoms with van der Waals surface area (Å²) in [6, 6.07) is 7.00. The molecule has 1 aromatic carbocycles. The highest BCUT2D eigenvalue weighted by Crippen LogP contribution is 2.18. The van der Waals surface area contributed by atoms with E-state index in [2.05, 4.69) is 4.90 Å². The van der Waals surface area contributed by atoms with E-state index in [-0.39, 0.29) is 11.8 Å². The summed E-state index contributed by atoms with van der Waals surface area (Å²) in [5.74, 6) is 0.817. The third-order valence-electron chi connectivity index (χ3n) is 4.98. The van der Waals surface area contributed by atoms with Crippen molar-refractivity contribution in [3.05, 3.63) is 29.3 Å². The molecule has 2 saturated heterocycles. The minimum Gasteiger partial charge on any atom is -0.481 e. The molecule has 26 heavy (non-hydrogen) atoms. The van der Waals surface area contributed by atoms with Gasteiger partial charge in [-0.3, -0.25) is 14.5 Å². The van der Waals surface area contributed by atoms with Crippen LogP contribution in [0.25, 0.3) is 0 Å². The van der Waals surface area contributed by atoms with Crippen LogP contribution in [-0.4, -0.2) is 78.4 Å². The lowest BCUT2D eigenvalue weighted by atomic mass is 10.2. The highest BCUT2D eigenvalue weighted by molar-refractivity contribution is 6.30. The second kappa shape index (κ2) is 8.73. The summed E-state index contributed by atoms with van der Waals surface area (Å²) in [6.45, 7) is 6.69. The number of likely N-dealkylation sites (tertiary alicyclic amines) is 1. The summed E-state index contributed by atoms with van der Waals surface area (Å²) in [4.78, 5) is 30.7. The van der Waals surface area contributed by atoms with Gasteiger partial charge in [-0.15, -0.1) is 0 Å². The molecule has 0 aromatic heterocycles. The molecule has 2 heterocycles. The van der Waals surface area contributed by atoms with Gasteiger partial charge >= 0.3 is 0 Å². The molecular weight excluding hydrogens is 354 g/mol. The van der Waals surface area contributed by atoms with Gasteiger partial charge in [0, 0.05) is 44.3 Å². The Morgan fingerprint density at radius 2 is 1.62 bits per heavy atom. The first kappa shape index (κ1) is 19.0. The van der Waals surface area contributed by atoms with E-state index in [9.17, 15) is 9.59 Å². The molecule has 2 aliphatic rings. The van der Waals surface area contributed by atoms with Crippen molar-refractivity contribution < 1.29 is 14.3 Å². The average molecular weight is 380 g/mol. The molecule has 0 radical (unpaired) electrons. The predicted molar refractivity (Wildman–Crippen MR) is 100 cm³/mol. The number of hydrogen-bond donors (Lipinski definition) is 0. The van der Waals surface area contributed by atoms with Gasteiger partial charge in [0.2, 0.25) is 5.91 Å². The Morgan fingerprint density at radius 3 is 2.23 bits per heavy atom. The fraction of sp³-hybridized carbons (Fsp3) is 0.579. The van der Waals surface area contributed by atoms with Crippen molar-refractivity contribution >= 4 is 23.4 Å². The number of benzene rings is 1. The second-order valence-corrected chi connectivity index (χ2v) is 7.34. The van der Waals surface area contributed by atoms with E-state index in [1.54, 1.807) is 31.2 Å². The molecule has 3 rings (SSSR count). The summed E-state index contributed by atoms with van der Waals surface area (Å²) in [5, 5.41) is 0.635. The van der Waals surface area contributed by atoms with Gasteiger partial charge in [-0.2, -0.15) is 0 Å². The summed E-state index contributed by atoms with van der Waals surface area (Å²) in [5.41, 5.74) is 0. The Bertz CT molecular complexity index is 623. The lowest BCUT2D eigenvalue weighted by molar-refractivity contribution is -0.140. The smallest absolute Gasteiger partial charge is 0.263 e. The van der Waals surface area contributed by atoms with Crippen LogP contribution in [0.5, 0.6) is 5.75 Å². The first-order chi connectivity index (χ1) is 12.5.